The van der Waals surface area contributed by atoms with Crippen molar-refractivity contribution in [2.45, 2.75) is 37.8 Å². The van der Waals surface area contributed by atoms with Crippen LogP contribution in [0.5, 0.6) is 5.88 Å². The van der Waals surface area contributed by atoms with Gasteiger partial charge in [0.15, 0.2) is 5.03 Å². The van der Waals surface area contributed by atoms with Gasteiger partial charge in [0, 0.05) is 24.3 Å². The van der Waals surface area contributed by atoms with Crippen molar-refractivity contribution in [3.8, 4) is 5.88 Å². The highest BCUT2D eigenvalue weighted by atomic mass is 32.2. The largest absolute Gasteiger partial charge is 0.481 e. The van der Waals surface area contributed by atoms with Crippen LogP contribution in [-0.2, 0) is 10.0 Å². The molecule has 1 amide bonds. The smallest absolute Gasteiger partial charge is 0.281 e. The van der Waals surface area contributed by atoms with Crippen LogP contribution in [0.1, 0.15) is 37.6 Å². The van der Waals surface area contributed by atoms with Crippen LogP contribution in [-0.4, -0.2) is 43.5 Å². The van der Waals surface area contributed by atoms with E-state index in [0.717, 1.165) is 13.0 Å². The molecule has 0 aromatic carbocycles. The number of nitrogens with zero attached hydrogens (tertiary/aromatic N) is 3. The molecule has 28 heavy (non-hydrogen) atoms. The van der Waals surface area contributed by atoms with E-state index < -0.39 is 15.9 Å². The van der Waals surface area contributed by atoms with Gasteiger partial charge in [0.1, 0.15) is 5.82 Å². The Morgan fingerprint density at radius 2 is 2.04 bits per heavy atom. The summed E-state index contributed by atoms with van der Waals surface area (Å²) >= 11 is 0. The first-order chi connectivity index (χ1) is 13.1. The number of methoxy groups -OCH3 is 1. The molecule has 0 spiro atoms. The second-order valence-corrected chi connectivity index (χ2v) is 9.19. The zero-order valence-electron chi connectivity index (χ0n) is 16.3. The summed E-state index contributed by atoms with van der Waals surface area (Å²) in [4.78, 5) is 23.2. The summed E-state index contributed by atoms with van der Waals surface area (Å²) in [7, 11) is -2.77. The molecule has 1 fully saturated rings. The number of aromatic nitrogens is 2. The van der Waals surface area contributed by atoms with Crippen LogP contribution in [0.15, 0.2) is 41.6 Å². The highest BCUT2D eigenvalue weighted by Gasteiger charge is 2.39. The third-order valence-corrected chi connectivity index (χ3v) is 6.00. The number of anilines is 1. The van der Waals surface area contributed by atoms with Crippen molar-refractivity contribution < 1.29 is 17.9 Å². The predicted octanol–water partition coefficient (Wildman–Crippen LogP) is 2.23. The molecule has 150 valence electrons. The van der Waals surface area contributed by atoms with E-state index in [2.05, 4.69) is 40.4 Å². The predicted molar refractivity (Wildman–Crippen MR) is 105 cm³/mol. The third-order valence-electron chi connectivity index (χ3n) is 4.77. The monoisotopic (exact) mass is 404 g/mol. The topological polar surface area (TPSA) is 101 Å². The molecule has 9 heteroatoms. The van der Waals surface area contributed by atoms with Crippen LogP contribution in [0.3, 0.4) is 0 Å². The minimum atomic E-state index is -4.16. The van der Waals surface area contributed by atoms with Crippen molar-refractivity contribution in [3.05, 3.63) is 42.1 Å². The fraction of sp³-hybridized carbons (Fsp3) is 0.421. The van der Waals surface area contributed by atoms with E-state index in [9.17, 15) is 13.2 Å². The summed E-state index contributed by atoms with van der Waals surface area (Å²) in [5, 5.41) is -0.291. The molecular formula is C19H24N4O4S. The maximum atomic E-state index is 12.8. The number of hydrogen-bond donors (Lipinski definition) is 1. The number of hydrogen-bond acceptors (Lipinski definition) is 7. The Morgan fingerprint density at radius 1 is 1.29 bits per heavy atom. The van der Waals surface area contributed by atoms with Gasteiger partial charge in [0.05, 0.1) is 12.7 Å². The average Bonchev–Trinajstić information content (AvgIpc) is 2.93. The van der Waals surface area contributed by atoms with Crippen LogP contribution in [0.25, 0.3) is 0 Å². The van der Waals surface area contributed by atoms with Gasteiger partial charge in [0.2, 0.25) is 5.88 Å². The Labute approximate surface area is 165 Å². The maximum absolute atomic E-state index is 12.8. The van der Waals surface area contributed by atoms with Gasteiger partial charge < -0.3 is 9.64 Å². The SMILES string of the molecule is COc1cccc(S(=O)(=O)NC(=O)c2cccnc2N2C[C@@H](C)CC2(C)C)n1. The molecule has 3 heterocycles. The Kier molecular flexibility index (Phi) is 5.29. The highest BCUT2D eigenvalue weighted by molar-refractivity contribution is 7.90. The van der Waals surface area contributed by atoms with Crippen LogP contribution >= 0.6 is 0 Å². The van der Waals surface area contributed by atoms with Crippen LogP contribution in [0, 0.1) is 5.92 Å². The molecule has 0 saturated carbocycles. The van der Waals surface area contributed by atoms with Crippen LogP contribution in [0.4, 0.5) is 5.82 Å². The zero-order valence-corrected chi connectivity index (χ0v) is 17.2. The van der Waals surface area contributed by atoms with Crippen molar-refractivity contribution in [1.29, 1.82) is 0 Å². The molecular weight excluding hydrogens is 380 g/mol. The average molecular weight is 404 g/mol. The second kappa shape index (κ2) is 7.38. The van der Waals surface area contributed by atoms with Gasteiger partial charge in [0.25, 0.3) is 15.9 Å². The van der Waals surface area contributed by atoms with Gasteiger partial charge in [-0.2, -0.15) is 13.4 Å². The first-order valence-electron chi connectivity index (χ1n) is 8.95. The highest BCUT2D eigenvalue weighted by Crippen LogP contribution is 2.37. The number of amides is 1. The summed E-state index contributed by atoms with van der Waals surface area (Å²) in [5.74, 6) is 0.314. The maximum Gasteiger partial charge on any atom is 0.281 e. The summed E-state index contributed by atoms with van der Waals surface area (Å²) in [6.07, 6.45) is 2.56. The van der Waals surface area contributed by atoms with Crippen molar-refractivity contribution in [2.24, 2.45) is 5.92 Å². The van der Waals surface area contributed by atoms with Crippen LogP contribution < -0.4 is 14.4 Å². The van der Waals surface area contributed by atoms with Crippen molar-refractivity contribution >= 4 is 21.7 Å². The molecule has 0 radical (unpaired) electrons. The fourth-order valence-corrected chi connectivity index (χ4v) is 4.56. The number of nitrogens with one attached hydrogen (secondary N) is 1. The normalized spacial score (nSPS) is 18.7. The quantitative estimate of drug-likeness (QED) is 0.815. The van der Waals surface area contributed by atoms with E-state index in [1.165, 1.54) is 25.3 Å². The molecule has 8 nitrogen and oxygen atoms in total. The Balaban J connectivity index is 1.92. The van der Waals surface area contributed by atoms with Crippen molar-refractivity contribution in [3.63, 3.8) is 0 Å². The van der Waals surface area contributed by atoms with Crippen LogP contribution in [0.2, 0.25) is 0 Å². The minimum Gasteiger partial charge on any atom is -0.481 e. The lowest BCUT2D eigenvalue weighted by atomic mass is 9.97. The molecule has 0 aliphatic carbocycles. The van der Waals surface area contributed by atoms with Gasteiger partial charge in [-0.25, -0.2) is 9.71 Å². The lowest BCUT2D eigenvalue weighted by Crippen LogP contribution is -2.41. The number of carbonyl (C=O) groups excluding carboxylic acids is 1. The molecule has 2 aromatic heterocycles. The molecule has 2 aromatic rings. The van der Waals surface area contributed by atoms with Gasteiger partial charge in [-0.05, 0) is 44.4 Å². The number of ether oxygens (including phenoxy) is 1. The first kappa shape index (κ1) is 20.1. The van der Waals surface area contributed by atoms with E-state index >= 15 is 0 Å². The van der Waals surface area contributed by atoms with E-state index in [0.29, 0.717) is 11.7 Å². The molecule has 1 aliphatic heterocycles. The molecule has 1 atom stereocenters. The first-order valence-corrected chi connectivity index (χ1v) is 10.4. The Hall–Kier alpha value is -2.68. The molecule has 1 saturated heterocycles. The zero-order chi connectivity index (χ0) is 20.5. The summed E-state index contributed by atoms with van der Waals surface area (Å²) in [6.45, 7) is 7.06. The van der Waals surface area contributed by atoms with Gasteiger partial charge in [-0.3, -0.25) is 4.79 Å². The van der Waals surface area contributed by atoms with Gasteiger partial charge in [-0.1, -0.05) is 13.0 Å². The van der Waals surface area contributed by atoms with Crippen molar-refractivity contribution in [1.82, 2.24) is 14.7 Å². The third kappa shape index (κ3) is 3.94. The van der Waals surface area contributed by atoms with E-state index in [1.54, 1.807) is 18.3 Å². The molecule has 0 bridgehead atoms. The number of carbonyl (C=O) groups is 1. The summed E-state index contributed by atoms with van der Waals surface area (Å²) in [5.41, 5.74) is 0.0203. The van der Waals surface area contributed by atoms with E-state index in [-0.39, 0.29) is 22.0 Å². The fourth-order valence-electron chi connectivity index (χ4n) is 3.64. The number of rotatable bonds is 5. The van der Waals surface area contributed by atoms with E-state index in [1.807, 2.05) is 0 Å². The van der Waals surface area contributed by atoms with Gasteiger partial charge in [-0.15, -0.1) is 0 Å². The van der Waals surface area contributed by atoms with Gasteiger partial charge >= 0.3 is 0 Å². The minimum absolute atomic E-state index is 0.144. The number of sulfonamides is 1. The number of pyridine rings is 2. The van der Waals surface area contributed by atoms with E-state index in [4.69, 9.17) is 4.74 Å². The Morgan fingerprint density at radius 3 is 2.68 bits per heavy atom. The Bertz CT molecular complexity index is 991. The lowest BCUT2D eigenvalue weighted by Gasteiger charge is -2.33. The molecule has 3 rings (SSSR count). The standard InChI is InChI=1S/C19H24N4O4S/c1-13-11-19(2,3)23(12-13)17-14(7-6-10-20-17)18(24)22-28(25,26)16-9-5-8-15(21-16)27-4/h5-10,13H,11-12H2,1-4H3,(H,22,24)/t13-/m0/s1. The molecule has 1 N–H and O–H groups in total. The summed E-state index contributed by atoms with van der Waals surface area (Å²) < 4.78 is 32.3. The van der Waals surface area contributed by atoms with Crippen molar-refractivity contribution in [2.75, 3.05) is 18.6 Å². The lowest BCUT2D eigenvalue weighted by molar-refractivity contribution is 0.0981. The summed E-state index contributed by atoms with van der Waals surface area (Å²) in [6, 6.07) is 7.51. The molecule has 0 unspecified atom stereocenters. The molecule has 1 aliphatic rings. The second-order valence-electron chi connectivity index (χ2n) is 7.56.